The third-order valence-electron chi connectivity index (χ3n) is 5.47. The van der Waals surface area contributed by atoms with Gasteiger partial charge in [0.1, 0.15) is 0 Å². The average Bonchev–Trinajstić information content (AvgIpc) is 3.02. The molecule has 0 saturated carbocycles. The molecule has 2 aromatic rings. The van der Waals surface area contributed by atoms with Gasteiger partial charge in [-0.1, -0.05) is 99.3 Å². The van der Waals surface area contributed by atoms with Gasteiger partial charge < -0.3 is 5.11 Å². The Morgan fingerprint density at radius 3 is 1.80 bits per heavy atom. The first-order valence-corrected chi connectivity index (χ1v) is 11.1. The predicted molar refractivity (Wildman–Crippen MR) is 110 cm³/mol. The molecule has 0 saturated heterocycles. The van der Waals surface area contributed by atoms with Crippen LogP contribution in [0.25, 0.3) is 0 Å². The minimum absolute atomic E-state index is 0.0567. The van der Waals surface area contributed by atoms with Crippen molar-refractivity contribution in [2.24, 2.45) is 0 Å². The van der Waals surface area contributed by atoms with Gasteiger partial charge in [0.2, 0.25) is 0 Å². The maximum atomic E-state index is 10.1. The van der Waals surface area contributed by atoms with Gasteiger partial charge in [-0.25, -0.2) is 0 Å². The van der Waals surface area contributed by atoms with E-state index in [1.54, 1.807) is 0 Å². The lowest BCUT2D eigenvalue weighted by molar-refractivity contribution is 0.188. The normalized spacial score (nSPS) is 18.1. The number of rotatable bonds is 4. The SMILES string of the molecule is C=C(C1=CCC(O)C1)[Si](c1ccccc1)(c1ccccc1)C(C)(C)C. The van der Waals surface area contributed by atoms with Gasteiger partial charge in [-0.15, -0.1) is 0 Å². The van der Waals surface area contributed by atoms with Crippen molar-refractivity contribution in [3.8, 4) is 0 Å². The van der Waals surface area contributed by atoms with Gasteiger partial charge >= 0.3 is 0 Å². The zero-order chi connectivity index (χ0) is 18.1. The van der Waals surface area contributed by atoms with E-state index in [9.17, 15) is 5.11 Å². The standard InChI is InChI=1S/C23H28OSi/c1-18(19-15-16-20(24)17-19)25(23(2,3)4,21-11-7-5-8-12-21)22-13-9-6-10-14-22/h5-15,20,24H,1,16-17H2,2-4H3. The summed E-state index contributed by atoms with van der Waals surface area (Å²) in [6.07, 6.45) is 3.41. The lowest BCUT2D eigenvalue weighted by Gasteiger charge is -2.46. The Labute approximate surface area is 152 Å². The van der Waals surface area contributed by atoms with Gasteiger partial charge in [0.05, 0.1) is 6.10 Å². The number of allylic oxidation sites excluding steroid dienone is 1. The summed E-state index contributed by atoms with van der Waals surface area (Å²) >= 11 is 0. The molecule has 1 unspecified atom stereocenters. The topological polar surface area (TPSA) is 20.2 Å². The molecule has 0 heterocycles. The Kier molecular flexibility index (Phi) is 4.85. The van der Waals surface area contributed by atoms with Crippen molar-refractivity contribution >= 4 is 18.4 Å². The smallest absolute Gasteiger partial charge is 0.153 e. The van der Waals surface area contributed by atoms with Gasteiger partial charge in [-0.05, 0) is 33.8 Å². The van der Waals surface area contributed by atoms with Crippen molar-refractivity contribution in [3.05, 3.63) is 84.1 Å². The molecule has 130 valence electrons. The number of hydrogen-bond donors (Lipinski definition) is 1. The third-order valence-corrected chi connectivity index (χ3v) is 11.3. The maximum Gasteiger partial charge on any atom is 0.153 e. The molecule has 1 aliphatic rings. The number of aliphatic hydroxyl groups is 1. The molecule has 0 spiro atoms. The van der Waals surface area contributed by atoms with Crippen LogP contribution < -0.4 is 10.4 Å². The molecule has 1 aliphatic carbocycles. The zero-order valence-electron chi connectivity index (χ0n) is 15.5. The van der Waals surface area contributed by atoms with Gasteiger partial charge in [-0.3, -0.25) is 0 Å². The molecule has 0 radical (unpaired) electrons. The maximum absolute atomic E-state index is 10.1. The Morgan fingerprint density at radius 1 is 0.960 bits per heavy atom. The molecular weight excluding hydrogens is 320 g/mol. The van der Waals surface area contributed by atoms with Gasteiger partial charge in [0.15, 0.2) is 8.07 Å². The fourth-order valence-corrected chi connectivity index (χ4v) is 10.1. The molecule has 2 aromatic carbocycles. The molecule has 0 aromatic heterocycles. The van der Waals surface area contributed by atoms with Crippen LogP contribution in [0, 0.1) is 0 Å². The van der Waals surface area contributed by atoms with Crippen LogP contribution in [-0.2, 0) is 0 Å². The van der Waals surface area contributed by atoms with E-state index < -0.39 is 8.07 Å². The van der Waals surface area contributed by atoms with Crippen molar-refractivity contribution in [3.63, 3.8) is 0 Å². The lowest BCUT2D eigenvalue weighted by Crippen LogP contribution is -2.66. The van der Waals surface area contributed by atoms with Crippen LogP contribution in [0.3, 0.4) is 0 Å². The molecule has 0 fully saturated rings. The highest BCUT2D eigenvalue weighted by atomic mass is 28.3. The third kappa shape index (κ3) is 3.05. The van der Waals surface area contributed by atoms with Gasteiger partial charge in [0, 0.05) is 0 Å². The summed E-state index contributed by atoms with van der Waals surface area (Å²) in [5, 5.41) is 14.2. The molecule has 2 heteroatoms. The van der Waals surface area contributed by atoms with E-state index in [-0.39, 0.29) is 11.1 Å². The monoisotopic (exact) mass is 348 g/mol. The van der Waals surface area contributed by atoms with Gasteiger partial charge in [-0.2, -0.15) is 0 Å². The molecule has 3 rings (SSSR count). The number of benzene rings is 2. The van der Waals surface area contributed by atoms with E-state index >= 15 is 0 Å². The molecule has 1 nitrogen and oxygen atoms in total. The second-order valence-electron chi connectivity index (χ2n) is 8.03. The highest BCUT2D eigenvalue weighted by molar-refractivity contribution is 7.09. The highest BCUT2D eigenvalue weighted by Gasteiger charge is 2.50. The highest BCUT2D eigenvalue weighted by Crippen LogP contribution is 2.44. The van der Waals surface area contributed by atoms with E-state index in [2.05, 4.69) is 94.1 Å². The summed E-state index contributed by atoms with van der Waals surface area (Å²) in [6.45, 7) is 11.7. The predicted octanol–water partition coefficient (Wildman–Crippen LogP) is 4.23. The Balaban J connectivity index is 2.28. The minimum Gasteiger partial charge on any atom is -0.392 e. The molecule has 1 atom stereocenters. The molecule has 0 amide bonds. The summed E-state index contributed by atoms with van der Waals surface area (Å²) < 4.78 is 0. The number of aliphatic hydroxyl groups excluding tert-OH is 1. The van der Waals surface area contributed by atoms with Crippen LogP contribution in [0.1, 0.15) is 33.6 Å². The zero-order valence-corrected chi connectivity index (χ0v) is 16.5. The summed E-state index contributed by atoms with van der Waals surface area (Å²) in [5.74, 6) is 0. The summed E-state index contributed by atoms with van der Waals surface area (Å²) in [7, 11) is -2.32. The second-order valence-corrected chi connectivity index (χ2v) is 12.8. The second kappa shape index (κ2) is 6.78. The van der Waals surface area contributed by atoms with Crippen LogP contribution in [0.5, 0.6) is 0 Å². The van der Waals surface area contributed by atoms with Crippen LogP contribution in [0.4, 0.5) is 0 Å². The number of hydrogen-bond acceptors (Lipinski definition) is 1. The van der Waals surface area contributed by atoms with E-state index in [0.29, 0.717) is 0 Å². The minimum atomic E-state index is -2.32. The molecule has 25 heavy (non-hydrogen) atoms. The molecule has 0 bridgehead atoms. The first-order chi connectivity index (χ1) is 11.9. The first kappa shape index (κ1) is 17.9. The van der Waals surface area contributed by atoms with E-state index in [0.717, 1.165) is 12.8 Å². The average molecular weight is 349 g/mol. The molecular formula is C23H28OSi. The summed E-state index contributed by atoms with van der Waals surface area (Å²) in [5.41, 5.74) is 1.25. The van der Waals surface area contributed by atoms with Crippen molar-refractivity contribution < 1.29 is 5.11 Å². The van der Waals surface area contributed by atoms with Gasteiger partial charge in [0.25, 0.3) is 0 Å². The Morgan fingerprint density at radius 2 is 1.44 bits per heavy atom. The largest absolute Gasteiger partial charge is 0.392 e. The van der Waals surface area contributed by atoms with Crippen molar-refractivity contribution in [2.75, 3.05) is 0 Å². The Hall–Kier alpha value is -1.90. The fraction of sp³-hybridized carbons (Fsp3) is 0.304. The lowest BCUT2D eigenvalue weighted by atomic mass is 10.2. The van der Waals surface area contributed by atoms with Crippen LogP contribution in [-0.4, -0.2) is 19.3 Å². The van der Waals surface area contributed by atoms with Crippen molar-refractivity contribution in [1.29, 1.82) is 0 Å². The van der Waals surface area contributed by atoms with E-state index in [4.69, 9.17) is 0 Å². The Bertz CT molecular complexity index is 729. The molecule has 1 N–H and O–H groups in total. The van der Waals surface area contributed by atoms with Crippen LogP contribution in [0.2, 0.25) is 5.04 Å². The summed E-state index contributed by atoms with van der Waals surface area (Å²) in [6, 6.07) is 21.8. The summed E-state index contributed by atoms with van der Waals surface area (Å²) in [4.78, 5) is 0. The van der Waals surface area contributed by atoms with E-state index in [1.165, 1.54) is 21.1 Å². The first-order valence-electron chi connectivity index (χ1n) is 9.05. The van der Waals surface area contributed by atoms with Crippen molar-refractivity contribution in [2.45, 2.75) is 44.8 Å². The molecule has 0 aliphatic heterocycles. The van der Waals surface area contributed by atoms with Crippen molar-refractivity contribution in [1.82, 2.24) is 0 Å². The fourth-order valence-electron chi connectivity index (χ4n) is 4.40. The van der Waals surface area contributed by atoms with Crippen LogP contribution >= 0.6 is 0 Å². The van der Waals surface area contributed by atoms with Crippen LogP contribution in [0.15, 0.2) is 84.1 Å². The quantitative estimate of drug-likeness (QED) is 0.820. The van der Waals surface area contributed by atoms with E-state index in [1.807, 2.05) is 0 Å².